The lowest BCUT2D eigenvalue weighted by atomic mass is 10.1. The summed E-state index contributed by atoms with van der Waals surface area (Å²) in [5, 5.41) is 13.7. The van der Waals surface area contributed by atoms with E-state index in [9.17, 15) is 19.5 Å². The summed E-state index contributed by atoms with van der Waals surface area (Å²) in [6.45, 7) is 3.35. The first-order valence-electron chi connectivity index (χ1n) is 9.22. The van der Waals surface area contributed by atoms with Crippen molar-refractivity contribution in [2.45, 2.75) is 19.7 Å². The summed E-state index contributed by atoms with van der Waals surface area (Å²) in [6.07, 6.45) is 1.74. The van der Waals surface area contributed by atoms with E-state index >= 15 is 0 Å². The van der Waals surface area contributed by atoms with Crippen molar-refractivity contribution in [3.05, 3.63) is 76.4 Å². The molecule has 0 bridgehead atoms. The quantitative estimate of drug-likeness (QED) is 0.300. The number of carbonyl (C=O) groups is 1. The minimum Gasteiger partial charge on any atom is -0.429 e. The topological polar surface area (TPSA) is 117 Å². The second kappa shape index (κ2) is 11.3. The lowest BCUT2D eigenvalue weighted by Gasteiger charge is -2.24. The van der Waals surface area contributed by atoms with Crippen molar-refractivity contribution in [2.75, 3.05) is 18.5 Å². The van der Waals surface area contributed by atoms with Crippen molar-refractivity contribution in [3.8, 4) is 0 Å². The number of para-hydroxylation sites is 2. The number of hydrogen-bond donors (Lipinski definition) is 1. The van der Waals surface area contributed by atoms with Crippen LogP contribution >= 0.6 is 7.60 Å². The maximum Gasteiger partial charge on any atom is 0.412 e. The number of nitro benzene ring substituents is 1. The molecule has 2 aromatic carbocycles. The highest BCUT2D eigenvalue weighted by Crippen LogP contribution is 2.54. The van der Waals surface area contributed by atoms with Gasteiger partial charge in [0.2, 0.25) is 5.85 Å². The highest BCUT2D eigenvalue weighted by Gasteiger charge is 2.37. The zero-order chi connectivity index (χ0) is 22.0. The standard InChI is InChI=1S/C20H23N2O7P/c1-3-27-30(26,28-4-2)19(29-20(23)21-17-11-6-5-7-12-17)15-14-16-10-8-9-13-18(16)22(24)25/h5-15,19H,3-4H2,1-2H3,(H,21,23)/b15-14+. The molecule has 0 aliphatic rings. The lowest BCUT2D eigenvalue weighted by Crippen LogP contribution is -2.23. The molecule has 9 nitrogen and oxygen atoms in total. The highest BCUT2D eigenvalue weighted by atomic mass is 31.2. The molecule has 30 heavy (non-hydrogen) atoms. The van der Waals surface area contributed by atoms with Gasteiger partial charge in [-0.1, -0.05) is 30.3 Å². The van der Waals surface area contributed by atoms with Gasteiger partial charge in [-0.15, -0.1) is 0 Å². The van der Waals surface area contributed by atoms with Gasteiger partial charge in [0.05, 0.1) is 23.7 Å². The molecule has 0 aromatic heterocycles. The van der Waals surface area contributed by atoms with Crippen molar-refractivity contribution in [1.29, 1.82) is 0 Å². The van der Waals surface area contributed by atoms with E-state index in [1.165, 1.54) is 30.4 Å². The fourth-order valence-electron chi connectivity index (χ4n) is 2.51. The van der Waals surface area contributed by atoms with E-state index in [-0.39, 0.29) is 24.5 Å². The molecular formula is C20H23N2O7P. The summed E-state index contributed by atoms with van der Waals surface area (Å²) >= 11 is 0. The highest BCUT2D eigenvalue weighted by molar-refractivity contribution is 7.54. The van der Waals surface area contributed by atoms with E-state index in [0.717, 1.165) is 0 Å². The molecular weight excluding hydrogens is 411 g/mol. The van der Waals surface area contributed by atoms with E-state index in [4.69, 9.17) is 13.8 Å². The van der Waals surface area contributed by atoms with E-state index in [2.05, 4.69) is 5.32 Å². The number of amides is 1. The molecule has 1 atom stereocenters. The maximum atomic E-state index is 13.2. The van der Waals surface area contributed by atoms with Crippen molar-refractivity contribution >= 4 is 31.1 Å². The molecule has 0 aliphatic carbocycles. The Morgan fingerprint density at radius 1 is 1.10 bits per heavy atom. The molecule has 0 spiro atoms. The smallest absolute Gasteiger partial charge is 0.412 e. The first-order chi connectivity index (χ1) is 14.4. The Hall–Kier alpha value is -3.00. The van der Waals surface area contributed by atoms with Crippen molar-refractivity contribution in [3.63, 3.8) is 0 Å². The number of rotatable bonds is 10. The number of nitro groups is 1. The summed E-state index contributed by atoms with van der Waals surface area (Å²) < 4.78 is 29.1. The molecule has 0 saturated carbocycles. The first kappa shape index (κ1) is 23.3. The van der Waals surface area contributed by atoms with Crippen molar-refractivity contribution < 1.29 is 28.1 Å². The summed E-state index contributed by atoms with van der Waals surface area (Å²) in [6, 6.07) is 14.6. The van der Waals surface area contributed by atoms with Gasteiger partial charge in [0.25, 0.3) is 5.69 Å². The predicted molar refractivity (Wildman–Crippen MR) is 113 cm³/mol. The van der Waals surface area contributed by atoms with Crippen molar-refractivity contribution in [2.24, 2.45) is 0 Å². The molecule has 1 unspecified atom stereocenters. The molecule has 160 valence electrons. The van der Waals surface area contributed by atoms with Crippen LogP contribution in [0.2, 0.25) is 0 Å². The third-order valence-corrected chi connectivity index (χ3v) is 5.89. The number of anilines is 1. The van der Waals surface area contributed by atoms with Crippen molar-refractivity contribution in [1.82, 2.24) is 0 Å². The van der Waals surface area contributed by atoms with Crippen LogP contribution in [-0.4, -0.2) is 30.1 Å². The van der Waals surface area contributed by atoms with Crippen LogP contribution in [0.4, 0.5) is 16.2 Å². The van der Waals surface area contributed by atoms with Gasteiger partial charge in [-0.2, -0.15) is 0 Å². The van der Waals surface area contributed by atoms with Crippen LogP contribution in [-0.2, 0) is 18.3 Å². The van der Waals surface area contributed by atoms with E-state index in [1.807, 2.05) is 0 Å². The van der Waals surface area contributed by atoms with E-state index < -0.39 is 24.5 Å². The zero-order valence-electron chi connectivity index (χ0n) is 16.6. The second-order valence-electron chi connectivity index (χ2n) is 5.84. The fourth-order valence-corrected chi connectivity index (χ4v) is 4.12. The minimum absolute atomic E-state index is 0.0523. The molecule has 0 radical (unpaired) electrons. The van der Waals surface area contributed by atoms with Crippen LogP contribution in [0.3, 0.4) is 0 Å². The predicted octanol–water partition coefficient (Wildman–Crippen LogP) is 5.45. The molecule has 1 N–H and O–H groups in total. The molecule has 0 saturated heterocycles. The summed E-state index contributed by atoms with van der Waals surface area (Å²) in [5.74, 6) is -1.42. The summed E-state index contributed by atoms with van der Waals surface area (Å²) in [7, 11) is -3.90. The molecule has 1 amide bonds. The normalized spacial score (nSPS) is 12.5. The molecule has 0 fully saturated rings. The maximum absolute atomic E-state index is 13.2. The Bertz CT molecular complexity index is 924. The Morgan fingerprint density at radius 3 is 2.30 bits per heavy atom. The van der Waals surface area contributed by atoms with Gasteiger partial charge in [-0.3, -0.25) is 20.0 Å². The average Bonchev–Trinajstić information content (AvgIpc) is 2.72. The first-order valence-corrected chi connectivity index (χ1v) is 10.8. The second-order valence-corrected chi connectivity index (χ2v) is 7.94. The molecule has 2 rings (SSSR count). The minimum atomic E-state index is -3.90. The van der Waals surface area contributed by atoms with Gasteiger partial charge in [0.1, 0.15) is 0 Å². The number of ether oxygens (including phenoxy) is 1. The Kier molecular flexibility index (Phi) is 8.73. The van der Waals surface area contributed by atoms with Gasteiger partial charge in [-0.05, 0) is 44.2 Å². The third-order valence-electron chi connectivity index (χ3n) is 3.75. The van der Waals surface area contributed by atoms with Crippen LogP contribution < -0.4 is 5.32 Å². The number of benzene rings is 2. The average molecular weight is 434 g/mol. The van der Waals surface area contributed by atoms with Gasteiger partial charge < -0.3 is 13.8 Å². The van der Waals surface area contributed by atoms with E-state index in [0.29, 0.717) is 5.69 Å². The molecule has 2 aromatic rings. The molecule has 10 heteroatoms. The van der Waals surface area contributed by atoms with Crippen LogP contribution in [0, 0.1) is 10.1 Å². The van der Waals surface area contributed by atoms with Gasteiger partial charge >= 0.3 is 13.7 Å². The fraction of sp³-hybridized carbons (Fsp3) is 0.250. The number of nitrogens with one attached hydrogen (secondary N) is 1. The van der Waals surface area contributed by atoms with Crippen LogP contribution in [0.25, 0.3) is 6.08 Å². The summed E-state index contributed by atoms with van der Waals surface area (Å²) in [5.41, 5.74) is 0.578. The molecule has 0 aliphatic heterocycles. The number of carbonyl (C=O) groups excluding carboxylic acids is 1. The van der Waals surface area contributed by atoms with Gasteiger partial charge in [-0.25, -0.2) is 4.79 Å². The summed E-state index contributed by atoms with van der Waals surface area (Å²) in [4.78, 5) is 23.0. The Labute approximate surface area is 174 Å². The van der Waals surface area contributed by atoms with Crippen LogP contribution in [0.1, 0.15) is 19.4 Å². The largest absolute Gasteiger partial charge is 0.429 e. The zero-order valence-corrected chi connectivity index (χ0v) is 17.5. The Morgan fingerprint density at radius 2 is 1.70 bits per heavy atom. The number of nitrogens with zero attached hydrogens (tertiary/aromatic N) is 1. The van der Waals surface area contributed by atoms with Gasteiger partial charge in [0.15, 0.2) is 0 Å². The third kappa shape index (κ3) is 6.52. The lowest BCUT2D eigenvalue weighted by molar-refractivity contribution is -0.385. The number of hydrogen-bond acceptors (Lipinski definition) is 7. The molecule has 0 heterocycles. The Balaban J connectivity index is 2.32. The van der Waals surface area contributed by atoms with Gasteiger partial charge in [0, 0.05) is 11.8 Å². The SMILES string of the molecule is CCOP(=O)(OCC)C(/C=C/c1ccccc1[N+](=O)[O-])OC(=O)Nc1ccccc1. The van der Waals surface area contributed by atoms with E-state index in [1.54, 1.807) is 50.2 Å². The van der Waals surface area contributed by atoms with Crippen LogP contribution in [0.5, 0.6) is 0 Å². The van der Waals surface area contributed by atoms with Crippen LogP contribution in [0.15, 0.2) is 60.7 Å². The monoisotopic (exact) mass is 434 g/mol.